The summed E-state index contributed by atoms with van der Waals surface area (Å²) < 4.78 is 0. The number of para-hydroxylation sites is 1. The molecule has 1 amide bonds. The molecule has 0 aliphatic carbocycles. The third kappa shape index (κ3) is 5.49. The van der Waals surface area contributed by atoms with Crippen LogP contribution in [0.15, 0.2) is 54.6 Å². The standard InChI is InChI=1S/C22H27N5OS/c1-2-17-8-9-18(29-17)14-26-22(28)16-7-10-21(19(23)13-16)25-12-11-15-5-3-4-6-20(15)27-24/h3-10,13,25,27H,2,11-12,14,23-24H2,1H3,(H,26,28). The van der Waals surface area contributed by atoms with E-state index in [1.807, 2.05) is 30.3 Å². The molecule has 1 heterocycles. The normalized spacial score (nSPS) is 10.6. The van der Waals surface area contributed by atoms with Crippen molar-refractivity contribution in [2.75, 3.05) is 23.0 Å². The van der Waals surface area contributed by atoms with E-state index in [4.69, 9.17) is 11.6 Å². The number of carbonyl (C=O) groups excluding carboxylic acids is 1. The molecular formula is C22H27N5OS. The van der Waals surface area contributed by atoms with Gasteiger partial charge in [-0.2, -0.15) is 0 Å². The third-order valence-corrected chi connectivity index (χ3v) is 5.91. The van der Waals surface area contributed by atoms with Crippen LogP contribution in [-0.2, 0) is 19.4 Å². The van der Waals surface area contributed by atoms with Gasteiger partial charge in [0.1, 0.15) is 0 Å². The van der Waals surface area contributed by atoms with E-state index < -0.39 is 0 Å². The first kappa shape index (κ1) is 20.7. The molecule has 0 saturated carbocycles. The molecule has 1 aromatic heterocycles. The number of anilines is 3. The quantitative estimate of drug-likeness (QED) is 0.210. The number of rotatable bonds is 9. The fraction of sp³-hybridized carbons (Fsp3) is 0.227. The van der Waals surface area contributed by atoms with Crippen molar-refractivity contribution in [1.82, 2.24) is 5.32 Å². The van der Waals surface area contributed by atoms with Crippen LogP contribution in [0.3, 0.4) is 0 Å². The van der Waals surface area contributed by atoms with Crippen molar-refractivity contribution in [2.45, 2.75) is 26.3 Å². The monoisotopic (exact) mass is 409 g/mol. The van der Waals surface area contributed by atoms with Gasteiger partial charge in [-0.1, -0.05) is 25.1 Å². The Kier molecular flexibility index (Phi) is 7.10. The lowest BCUT2D eigenvalue weighted by Crippen LogP contribution is -2.22. The van der Waals surface area contributed by atoms with Crippen LogP contribution in [0.5, 0.6) is 0 Å². The fourth-order valence-electron chi connectivity index (χ4n) is 3.05. The first-order valence-electron chi connectivity index (χ1n) is 9.64. The minimum atomic E-state index is -0.127. The fourth-order valence-corrected chi connectivity index (χ4v) is 3.95. The van der Waals surface area contributed by atoms with E-state index in [0.717, 1.165) is 34.7 Å². The Bertz CT molecular complexity index is 969. The van der Waals surface area contributed by atoms with Crippen molar-refractivity contribution in [3.63, 3.8) is 0 Å². The molecule has 7 heteroatoms. The first-order valence-corrected chi connectivity index (χ1v) is 10.5. The molecule has 0 atom stereocenters. The number of thiophene rings is 1. The summed E-state index contributed by atoms with van der Waals surface area (Å²) in [6, 6.07) is 17.4. The van der Waals surface area contributed by atoms with Crippen molar-refractivity contribution >= 4 is 34.3 Å². The summed E-state index contributed by atoms with van der Waals surface area (Å²) in [5.41, 5.74) is 12.8. The number of amides is 1. The van der Waals surface area contributed by atoms with Gasteiger partial charge in [0.05, 0.1) is 23.6 Å². The van der Waals surface area contributed by atoms with Crippen LogP contribution in [0.25, 0.3) is 0 Å². The second kappa shape index (κ2) is 9.95. The van der Waals surface area contributed by atoms with Gasteiger partial charge in [-0.3, -0.25) is 10.6 Å². The van der Waals surface area contributed by atoms with Gasteiger partial charge in [-0.05, 0) is 54.8 Å². The van der Waals surface area contributed by atoms with Crippen molar-refractivity contribution in [3.8, 4) is 0 Å². The predicted octanol–water partition coefficient (Wildman–Crippen LogP) is 3.76. The van der Waals surface area contributed by atoms with E-state index in [-0.39, 0.29) is 5.91 Å². The lowest BCUT2D eigenvalue weighted by Gasteiger charge is -2.13. The molecule has 0 fully saturated rings. The number of nitrogens with two attached hydrogens (primary N) is 2. The molecule has 0 radical (unpaired) electrons. The van der Waals surface area contributed by atoms with Crippen molar-refractivity contribution < 1.29 is 4.79 Å². The molecule has 2 aromatic carbocycles. The molecule has 0 spiro atoms. The van der Waals surface area contributed by atoms with Gasteiger partial charge >= 0.3 is 0 Å². The zero-order chi connectivity index (χ0) is 20.6. The number of hydrazine groups is 1. The highest BCUT2D eigenvalue weighted by Gasteiger charge is 2.09. The Morgan fingerprint density at radius 2 is 1.83 bits per heavy atom. The molecule has 7 N–H and O–H groups in total. The average Bonchev–Trinajstić information content (AvgIpc) is 3.21. The largest absolute Gasteiger partial charge is 0.397 e. The number of hydrogen-bond donors (Lipinski definition) is 5. The van der Waals surface area contributed by atoms with Crippen LogP contribution in [0.2, 0.25) is 0 Å². The SMILES string of the molecule is CCc1ccc(CNC(=O)c2ccc(NCCc3ccccc3NN)c(N)c2)s1. The van der Waals surface area contributed by atoms with Crippen molar-refractivity contribution in [2.24, 2.45) is 5.84 Å². The lowest BCUT2D eigenvalue weighted by atomic mass is 10.1. The number of hydrogen-bond acceptors (Lipinski definition) is 6. The van der Waals surface area contributed by atoms with Gasteiger partial charge in [0.2, 0.25) is 0 Å². The molecule has 0 saturated heterocycles. The number of nitrogen functional groups attached to an aromatic ring is 2. The van der Waals surface area contributed by atoms with E-state index in [1.54, 1.807) is 23.5 Å². The van der Waals surface area contributed by atoms with E-state index >= 15 is 0 Å². The summed E-state index contributed by atoms with van der Waals surface area (Å²) >= 11 is 1.72. The molecule has 0 aliphatic rings. The highest BCUT2D eigenvalue weighted by Crippen LogP contribution is 2.21. The maximum atomic E-state index is 12.4. The summed E-state index contributed by atoms with van der Waals surface area (Å²) in [6.45, 7) is 3.35. The average molecular weight is 410 g/mol. The Morgan fingerprint density at radius 1 is 1.03 bits per heavy atom. The highest BCUT2D eigenvalue weighted by atomic mass is 32.1. The minimum Gasteiger partial charge on any atom is -0.397 e. The maximum Gasteiger partial charge on any atom is 0.251 e. The summed E-state index contributed by atoms with van der Waals surface area (Å²) in [5, 5.41) is 6.28. The maximum absolute atomic E-state index is 12.4. The highest BCUT2D eigenvalue weighted by molar-refractivity contribution is 7.11. The van der Waals surface area contributed by atoms with Gasteiger partial charge in [0, 0.05) is 21.9 Å². The van der Waals surface area contributed by atoms with Crippen LogP contribution >= 0.6 is 11.3 Å². The molecule has 6 nitrogen and oxygen atoms in total. The third-order valence-electron chi connectivity index (χ3n) is 4.69. The van der Waals surface area contributed by atoms with Crippen LogP contribution in [0, 0.1) is 0 Å². The topological polar surface area (TPSA) is 105 Å². The zero-order valence-electron chi connectivity index (χ0n) is 16.5. The number of aryl methyl sites for hydroxylation is 1. The van der Waals surface area contributed by atoms with Gasteiger partial charge < -0.3 is 21.8 Å². The van der Waals surface area contributed by atoms with E-state index in [9.17, 15) is 4.79 Å². The summed E-state index contributed by atoms with van der Waals surface area (Å²) in [4.78, 5) is 14.9. The smallest absolute Gasteiger partial charge is 0.251 e. The Labute approximate surface area is 175 Å². The van der Waals surface area contributed by atoms with E-state index in [2.05, 4.69) is 35.1 Å². The first-order chi connectivity index (χ1) is 14.1. The van der Waals surface area contributed by atoms with Gasteiger partial charge in [0.15, 0.2) is 0 Å². The number of benzene rings is 2. The molecule has 0 unspecified atom stereocenters. The van der Waals surface area contributed by atoms with Crippen molar-refractivity contribution in [1.29, 1.82) is 0 Å². The van der Waals surface area contributed by atoms with Gasteiger partial charge in [0.25, 0.3) is 5.91 Å². The Balaban J connectivity index is 1.54. The molecule has 0 bridgehead atoms. The van der Waals surface area contributed by atoms with Gasteiger partial charge in [-0.15, -0.1) is 11.3 Å². The van der Waals surface area contributed by atoms with Crippen molar-refractivity contribution in [3.05, 3.63) is 75.5 Å². The number of carbonyl (C=O) groups is 1. The van der Waals surface area contributed by atoms with Crippen LogP contribution < -0.4 is 27.6 Å². The summed E-state index contributed by atoms with van der Waals surface area (Å²) in [5.74, 6) is 5.42. The summed E-state index contributed by atoms with van der Waals surface area (Å²) in [7, 11) is 0. The molecule has 3 aromatic rings. The molecule has 0 aliphatic heterocycles. The van der Waals surface area contributed by atoms with E-state index in [0.29, 0.717) is 24.3 Å². The zero-order valence-corrected chi connectivity index (χ0v) is 17.3. The molecular weight excluding hydrogens is 382 g/mol. The second-order valence-electron chi connectivity index (χ2n) is 6.68. The Hall–Kier alpha value is -3.03. The van der Waals surface area contributed by atoms with Crippen LogP contribution in [0.1, 0.15) is 32.6 Å². The molecule has 29 heavy (non-hydrogen) atoms. The van der Waals surface area contributed by atoms with Crippen LogP contribution in [-0.4, -0.2) is 12.5 Å². The summed E-state index contributed by atoms with van der Waals surface area (Å²) in [6.07, 6.45) is 1.81. The molecule has 152 valence electrons. The predicted molar refractivity (Wildman–Crippen MR) is 122 cm³/mol. The Morgan fingerprint density at radius 3 is 2.55 bits per heavy atom. The second-order valence-corrected chi connectivity index (χ2v) is 7.94. The minimum absolute atomic E-state index is 0.127. The lowest BCUT2D eigenvalue weighted by molar-refractivity contribution is 0.0951. The van der Waals surface area contributed by atoms with E-state index in [1.165, 1.54) is 4.88 Å². The van der Waals surface area contributed by atoms with Crippen LogP contribution in [0.4, 0.5) is 17.1 Å². The number of nitrogens with one attached hydrogen (secondary N) is 3. The van der Waals surface area contributed by atoms with Gasteiger partial charge in [-0.25, -0.2) is 0 Å². The molecule has 3 rings (SSSR count).